The number of carbonyl (C=O) groups is 1. The number of fused-ring (bicyclic) bond motifs is 3. The second-order valence-electron chi connectivity index (χ2n) is 10.8. The fourth-order valence-electron chi connectivity index (χ4n) is 5.79. The summed E-state index contributed by atoms with van der Waals surface area (Å²) in [7, 11) is -2.18. The first-order chi connectivity index (χ1) is 17.7. The second kappa shape index (κ2) is 8.99. The van der Waals surface area contributed by atoms with Gasteiger partial charge in [0.15, 0.2) is 11.7 Å². The number of rotatable bonds is 4. The lowest BCUT2D eigenvalue weighted by atomic mass is 9.87. The molecule has 0 spiro atoms. The van der Waals surface area contributed by atoms with Crippen LogP contribution in [0.1, 0.15) is 67.6 Å². The molecule has 1 saturated heterocycles. The molecule has 0 bridgehead atoms. The first kappa shape index (κ1) is 26.5. The van der Waals surface area contributed by atoms with Gasteiger partial charge >= 0.3 is 6.18 Å². The van der Waals surface area contributed by atoms with Crippen molar-refractivity contribution in [2.75, 3.05) is 18.6 Å². The Kier molecular flexibility index (Phi) is 6.27. The lowest BCUT2D eigenvalue weighted by Crippen LogP contribution is -2.44. The molecule has 4 heterocycles. The first-order valence-electron chi connectivity index (χ1n) is 12.2. The molecule has 1 aliphatic heterocycles. The number of hydrogen-bond acceptors (Lipinski definition) is 6. The van der Waals surface area contributed by atoms with Crippen LogP contribution in [-0.4, -0.2) is 63.5 Å². The highest BCUT2D eigenvalue weighted by Crippen LogP contribution is 2.48. The van der Waals surface area contributed by atoms with E-state index < -0.39 is 45.2 Å². The molecule has 0 N–H and O–H groups in total. The summed E-state index contributed by atoms with van der Waals surface area (Å²) in [5.41, 5.74) is 1.88. The zero-order valence-electron chi connectivity index (χ0n) is 21.0. The van der Waals surface area contributed by atoms with Crippen molar-refractivity contribution in [1.29, 1.82) is 0 Å². The Bertz CT molecular complexity index is 1490. The maximum absolute atomic E-state index is 14.2. The van der Waals surface area contributed by atoms with E-state index in [1.165, 1.54) is 22.8 Å². The lowest BCUT2D eigenvalue weighted by Gasteiger charge is -2.33. The van der Waals surface area contributed by atoms with Crippen LogP contribution in [0, 0.1) is 11.9 Å². The Morgan fingerprint density at radius 3 is 2.45 bits per heavy atom. The summed E-state index contributed by atoms with van der Waals surface area (Å²) in [6.45, 7) is 3.98. The molecule has 2 unspecified atom stereocenters. The number of halogens is 4. The minimum absolute atomic E-state index is 0.000774. The molecule has 0 aromatic carbocycles. The summed E-state index contributed by atoms with van der Waals surface area (Å²) in [4.78, 5) is 22.0. The third-order valence-corrected chi connectivity index (χ3v) is 9.37. The van der Waals surface area contributed by atoms with Gasteiger partial charge in [0.05, 0.1) is 22.9 Å². The first-order valence-corrected chi connectivity index (χ1v) is 14.0. The number of amides is 1. The van der Waals surface area contributed by atoms with E-state index in [2.05, 4.69) is 15.1 Å². The van der Waals surface area contributed by atoms with Crippen LogP contribution in [-0.2, 0) is 20.0 Å². The Morgan fingerprint density at radius 2 is 1.84 bits per heavy atom. The Balaban J connectivity index is 1.44. The highest BCUT2D eigenvalue weighted by molar-refractivity contribution is 7.91. The fraction of sp³-hybridized carbons (Fsp3) is 0.520. The molecule has 204 valence electrons. The van der Waals surface area contributed by atoms with Gasteiger partial charge in [0, 0.05) is 48.3 Å². The lowest BCUT2D eigenvalue weighted by molar-refractivity contribution is -0.191. The van der Waals surface area contributed by atoms with E-state index in [1.54, 1.807) is 12.3 Å². The molecule has 3 aromatic rings. The molecule has 38 heavy (non-hydrogen) atoms. The average Bonchev–Trinajstić information content (AvgIpc) is 3.33. The number of carbonyl (C=O) groups excluding carboxylic acids is 1. The van der Waals surface area contributed by atoms with E-state index in [9.17, 15) is 30.8 Å². The van der Waals surface area contributed by atoms with Crippen molar-refractivity contribution in [1.82, 2.24) is 24.5 Å². The van der Waals surface area contributed by atoms with Gasteiger partial charge in [-0.1, -0.05) is 19.9 Å². The van der Waals surface area contributed by atoms with Crippen molar-refractivity contribution in [3.8, 4) is 0 Å². The number of nitrogens with zero attached hydrogens (tertiary/aromatic N) is 5. The van der Waals surface area contributed by atoms with E-state index in [1.807, 2.05) is 13.8 Å². The van der Waals surface area contributed by atoms with E-state index in [4.69, 9.17) is 0 Å². The van der Waals surface area contributed by atoms with Crippen molar-refractivity contribution in [3.63, 3.8) is 0 Å². The van der Waals surface area contributed by atoms with Gasteiger partial charge in [-0.15, -0.1) is 5.10 Å². The van der Waals surface area contributed by atoms with Gasteiger partial charge in [0.25, 0.3) is 0 Å². The largest absolute Gasteiger partial charge is 0.414 e. The van der Waals surface area contributed by atoms with Crippen molar-refractivity contribution in [3.05, 3.63) is 59.1 Å². The predicted octanol–water partition coefficient (Wildman–Crippen LogP) is 3.96. The van der Waals surface area contributed by atoms with Gasteiger partial charge < -0.3 is 4.90 Å². The Labute approximate surface area is 217 Å². The van der Waals surface area contributed by atoms with Gasteiger partial charge in [-0.25, -0.2) is 17.9 Å². The smallest absolute Gasteiger partial charge is 0.328 e. The van der Waals surface area contributed by atoms with Crippen LogP contribution in [0.4, 0.5) is 17.6 Å². The second-order valence-corrected chi connectivity index (χ2v) is 13.1. The van der Waals surface area contributed by atoms with E-state index in [-0.39, 0.29) is 36.0 Å². The van der Waals surface area contributed by atoms with E-state index in [0.29, 0.717) is 22.5 Å². The molecule has 1 aliphatic carbocycles. The molecule has 13 heteroatoms. The zero-order chi connectivity index (χ0) is 27.6. The molecule has 1 amide bonds. The molecule has 0 radical (unpaired) electrons. The zero-order valence-corrected chi connectivity index (χ0v) is 21.9. The topological polar surface area (TPSA) is 97.5 Å². The molecule has 2 atom stereocenters. The average molecular weight is 554 g/mol. The number of hydrogen-bond donors (Lipinski definition) is 0. The predicted molar refractivity (Wildman–Crippen MR) is 130 cm³/mol. The van der Waals surface area contributed by atoms with Crippen LogP contribution in [0.5, 0.6) is 0 Å². The summed E-state index contributed by atoms with van der Waals surface area (Å²) in [5, 5.41) is 3.93. The highest BCUT2D eigenvalue weighted by atomic mass is 32.2. The third kappa shape index (κ3) is 4.65. The third-order valence-electron chi connectivity index (χ3n) is 7.65. The van der Waals surface area contributed by atoms with Gasteiger partial charge in [0.2, 0.25) is 11.9 Å². The summed E-state index contributed by atoms with van der Waals surface area (Å²) in [6, 6.07) is 1.80. The molecule has 0 saturated carbocycles. The number of alkyl halides is 3. The Morgan fingerprint density at radius 1 is 1.16 bits per heavy atom. The normalized spacial score (nSPS) is 21.8. The maximum Gasteiger partial charge on any atom is 0.414 e. The van der Waals surface area contributed by atoms with Crippen LogP contribution in [0.15, 0.2) is 30.6 Å². The number of pyridine rings is 1. The number of aromatic nitrogens is 4. The molecule has 8 nitrogen and oxygen atoms in total. The van der Waals surface area contributed by atoms with Gasteiger partial charge in [-0.3, -0.25) is 9.78 Å². The minimum atomic E-state index is -4.79. The van der Waals surface area contributed by atoms with Crippen molar-refractivity contribution < 1.29 is 30.8 Å². The monoisotopic (exact) mass is 553 g/mol. The highest BCUT2D eigenvalue weighted by Gasteiger charge is 2.48. The molecule has 5 rings (SSSR count). The minimum Gasteiger partial charge on any atom is -0.328 e. The van der Waals surface area contributed by atoms with Crippen molar-refractivity contribution in [2.24, 2.45) is 5.92 Å². The molecular weight excluding hydrogens is 526 g/mol. The van der Waals surface area contributed by atoms with E-state index >= 15 is 0 Å². The van der Waals surface area contributed by atoms with E-state index in [0.717, 1.165) is 18.3 Å². The van der Waals surface area contributed by atoms with Crippen LogP contribution >= 0.6 is 0 Å². The quantitative estimate of drug-likeness (QED) is 0.454. The van der Waals surface area contributed by atoms with Crippen molar-refractivity contribution >= 4 is 21.4 Å². The van der Waals surface area contributed by atoms with Crippen LogP contribution in [0.3, 0.4) is 0 Å². The summed E-state index contributed by atoms with van der Waals surface area (Å²) in [5.74, 6) is -2.86. The Hall–Kier alpha value is -3.09. The van der Waals surface area contributed by atoms with Crippen LogP contribution in [0.25, 0.3) is 5.65 Å². The standard InChI is InChI=1S/C25H27F4N5O3S/c1-24(2)11-16(17-13-31-20-10-19(26)32-34(20)21(17)24)15-4-5-18(30-12-15)22(25(27,28)29)33(3)23(35)14-6-8-38(36,37)9-7-14/h4-5,10,12-14,16,22H,6-9,11H2,1-3H3. The van der Waals surface area contributed by atoms with Gasteiger partial charge in [0.1, 0.15) is 9.84 Å². The molecule has 2 aliphatic rings. The maximum atomic E-state index is 14.2. The van der Waals surface area contributed by atoms with Gasteiger partial charge in [-0.05, 0) is 30.9 Å². The molecule has 1 fully saturated rings. The molecule has 3 aromatic heterocycles. The van der Waals surface area contributed by atoms with Crippen LogP contribution in [0.2, 0.25) is 0 Å². The summed E-state index contributed by atoms with van der Waals surface area (Å²) >= 11 is 0. The summed E-state index contributed by atoms with van der Waals surface area (Å²) in [6.07, 6.45) is -1.17. The fourth-order valence-corrected chi connectivity index (χ4v) is 7.28. The van der Waals surface area contributed by atoms with Crippen LogP contribution < -0.4 is 0 Å². The summed E-state index contributed by atoms with van der Waals surface area (Å²) < 4.78 is 81.2. The van der Waals surface area contributed by atoms with Crippen molar-refractivity contribution in [2.45, 2.75) is 56.7 Å². The number of sulfone groups is 1. The molecular formula is C25H27F4N5O3S. The van der Waals surface area contributed by atoms with Gasteiger partial charge in [-0.2, -0.15) is 17.6 Å². The SMILES string of the molecule is CN(C(=O)C1CCS(=O)(=O)CC1)C(c1ccc(C2CC(C)(C)c3c2cnc2cc(F)nn32)cn1)C(F)(F)F.